The zero-order valence-electron chi connectivity index (χ0n) is 18.4. The second-order valence-corrected chi connectivity index (χ2v) is 7.44. The van der Waals surface area contributed by atoms with E-state index in [1.54, 1.807) is 14.2 Å². The van der Waals surface area contributed by atoms with Crippen LogP contribution in [0.3, 0.4) is 0 Å². The normalized spacial score (nSPS) is 15.1. The molecule has 7 nitrogen and oxygen atoms in total. The van der Waals surface area contributed by atoms with Gasteiger partial charge >= 0.3 is 0 Å². The van der Waals surface area contributed by atoms with Crippen LogP contribution in [0, 0.1) is 5.92 Å². The number of rotatable bonds is 9. The lowest BCUT2D eigenvalue weighted by Crippen LogP contribution is -2.49. The third kappa shape index (κ3) is 8.86. The fourth-order valence-corrected chi connectivity index (χ4v) is 3.21. The molecule has 0 radical (unpaired) electrons. The van der Waals surface area contributed by atoms with E-state index in [0.29, 0.717) is 18.6 Å². The largest absolute Gasteiger partial charge is 0.497 e. The summed E-state index contributed by atoms with van der Waals surface area (Å²) in [4.78, 5) is 6.70. The van der Waals surface area contributed by atoms with Gasteiger partial charge in [0.1, 0.15) is 11.5 Å². The lowest BCUT2D eigenvalue weighted by Gasteiger charge is -2.34. The van der Waals surface area contributed by atoms with Gasteiger partial charge in [-0.2, -0.15) is 0 Å². The highest BCUT2D eigenvalue weighted by Gasteiger charge is 2.21. The average Bonchev–Trinajstić information content (AvgIpc) is 2.72. The number of hydrogen-bond donors (Lipinski definition) is 2. The molecule has 0 bridgehead atoms. The number of nitrogens with one attached hydrogen (secondary N) is 2. The predicted octanol–water partition coefficient (Wildman–Crippen LogP) is 3.13. The highest BCUT2D eigenvalue weighted by Crippen LogP contribution is 2.30. The van der Waals surface area contributed by atoms with Gasteiger partial charge < -0.3 is 29.7 Å². The van der Waals surface area contributed by atoms with Crippen molar-refractivity contribution in [3.63, 3.8) is 0 Å². The summed E-state index contributed by atoms with van der Waals surface area (Å²) in [6.45, 7) is 8.50. The minimum Gasteiger partial charge on any atom is -0.497 e. The van der Waals surface area contributed by atoms with Gasteiger partial charge in [-0.15, -0.1) is 24.0 Å². The molecular weight excluding hydrogens is 483 g/mol. The number of nitrogens with zero attached hydrogens (tertiary/aromatic N) is 2. The molecule has 1 aliphatic heterocycles. The molecule has 2 rings (SSSR count). The van der Waals surface area contributed by atoms with Gasteiger partial charge in [0.25, 0.3) is 0 Å². The van der Waals surface area contributed by atoms with Crippen molar-refractivity contribution < 1.29 is 14.2 Å². The van der Waals surface area contributed by atoms with E-state index < -0.39 is 0 Å². The topological polar surface area (TPSA) is 67.4 Å². The van der Waals surface area contributed by atoms with Crippen LogP contribution in [0.5, 0.6) is 11.5 Å². The van der Waals surface area contributed by atoms with Crippen LogP contribution < -0.4 is 25.0 Å². The van der Waals surface area contributed by atoms with Gasteiger partial charge in [-0.1, -0.05) is 13.8 Å². The molecule has 0 spiro atoms. The Morgan fingerprint density at radius 2 is 1.76 bits per heavy atom. The van der Waals surface area contributed by atoms with Gasteiger partial charge in [-0.25, -0.2) is 0 Å². The number of aliphatic imine (C=N–C) groups is 1. The Bertz CT molecular complexity index is 598. The molecule has 0 aliphatic carbocycles. The third-order valence-corrected chi connectivity index (χ3v) is 4.75. The third-order valence-electron chi connectivity index (χ3n) is 4.75. The van der Waals surface area contributed by atoms with Crippen molar-refractivity contribution in [2.45, 2.75) is 32.7 Å². The van der Waals surface area contributed by atoms with Gasteiger partial charge in [-0.05, 0) is 18.8 Å². The Morgan fingerprint density at radius 1 is 1.14 bits per heavy atom. The molecule has 1 heterocycles. The molecule has 2 N–H and O–H groups in total. The molecule has 1 aliphatic rings. The van der Waals surface area contributed by atoms with E-state index in [4.69, 9.17) is 14.2 Å². The fourth-order valence-electron chi connectivity index (χ4n) is 3.21. The van der Waals surface area contributed by atoms with Crippen LogP contribution in [0.4, 0.5) is 5.69 Å². The van der Waals surface area contributed by atoms with Gasteiger partial charge in [0.2, 0.25) is 0 Å². The van der Waals surface area contributed by atoms with E-state index in [1.807, 2.05) is 13.1 Å². The summed E-state index contributed by atoms with van der Waals surface area (Å²) in [5.41, 5.74) is 1.14. The Balaban J connectivity index is 0.00000420. The van der Waals surface area contributed by atoms with Gasteiger partial charge in [0.05, 0.1) is 20.8 Å². The molecule has 1 aromatic rings. The van der Waals surface area contributed by atoms with Crippen molar-refractivity contribution in [2.24, 2.45) is 10.9 Å². The smallest absolute Gasteiger partial charge is 0.191 e. The number of ether oxygens (including phenoxy) is 3. The van der Waals surface area contributed by atoms with Crippen molar-refractivity contribution in [2.75, 3.05) is 59.0 Å². The molecule has 0 unspecified atom stereocenters. The zero-order chi connectivity index (χ0) is 20.4. The second-order valence-electron chi connectivity index (χ2n) is 7.44. The second kappa shape index (κ2) is 13.7. The quantitative estimate of drug-likeness (QED) is 0.226. The van der Waals surface area contributed by atoms with E-state index in [0.717, 1.165) is 62.2 Å². The first-order valence-electron chi connectivity index (χ1n) is 10.1. The summed E-state index contributed by atoms with van der Waals surface area (Å²) in [7, 11) is 5.17. The number of guanidine groups is 1. The van der Waals surface area contributed by atoms with Crippen LogP contribution in [0.25, 0.3) is 0 Å². The molecule has 0 saturated carbocycles. The summed E-state index contributed by atoms with van der Waals surface area (Å²) < 4.78 is 16.4. The molecule has 1 fully saturated rings. The highest BCUT2D eigenvalue weighted by molar-refractivity contribution is 14.0. The SMILES string of the molecule is CN=C(NCCOCC(C)C)NC1CCN(c2cc(OC)cc(OC)c2)CC1.I. The Kier molecular flexibility index (Phi) is 12.1. The van der Waals surface area contributed by atoms with Crippen LogP contribution in [-0.2, 0) is 4.74 Å². The summed E-state index contributed by atoms with van der Waals surface area (Å²) >= 11 is 0. The molecule has 0 amide bonds. The van der Waals surface area contributed by atoms with Crippen LogP contribution in [-0.4, -0.2) is 66.1 Å². The van der Waals surface area contributed by atoms with E-state index in [2.05, 4.69) is 46.5 Å². The van der Waals surface area contributed by atoms with Crippen LogP contribution in [0.2, 0.25) is 0 Å². The molecule has 166 valence electrons. The summed E-state index contributed by atoms with van der Waals surface area (Å²) in [5.74, 6) is 3.04. The minimum absolute atomic E-state index is 0. The molecule has 8 heteroatoms. The first-order chi connectivity index (χ1) is 13.5. The number of piperidine rings is 1. The van der Waals surface area contributed by atoms with Gasteiger partial charge in [-0.3, -0.25) is 4.99 Å². The lowest BCUT2D eigenvalue weighted by molar-refractivity contribution is 0.114. The van der Waals surface area contributed by atoms with Crippen LogP contribution in [0.1, 0.15) is 26.7 Å². The Morgan fingerprint density at radius 3 is 2.28 bits per heavy atom. The van der Waals surface area contributed by atoms with Crippen LogP contribution >= 0.6 is 24.0 Å². The zero-order valence-corrected chi connectivity index (χ0v) is 20.7. The highest BCUT2D eigenvalue weighted by atomic mass is 127. The number of methoxy groups -OCH3 is 2. The number of benzene rings is 1. The summed E-state index contributed by atoms with van der Waals surface area (Å²) in [6, 6.07) is 6.44. The molecule has 1 aromatic carbocycles. The summed E-state index contributed by atoms with van der Waals surface area (Å²) in [5, 5.41) is 6.86. The number of hydrogen-bond acceptors (Lipinski definition) is 5. The van der Waals surface area contributed by atoms with Crippen molar-refractivity contribution in [3.8, 4) is 11.5 Å². The van der Waals surface area contributed by atoms with Gasteiger partial charge in [0, 0.05) is 63.2 Å². The maximum absolute atomic E-state index is 5.61. The van der Waals surface area contributed by atoms with E-state index in [-0.39, 0.29) is 24.0 Å². The molecule has 29 heavy (non-hydrogen) atoms. The van der Waals surface area contributed by atoms with E-state index in [1.165, 1.54) is 0 Å². The minimum atomic E-state index is 0. The van der Waals surface area contributed by atoms with Crippen molar-refractivity contribution in [1.82, 2.24) is 10.6 Å². The van der Waals surface area contributed by atoms with Crippen LogP contribution in [0.15, 0.2) is 23.2 Å². The van der Waals surface area contributed by atoms with Gasteiger partial charge in [0.15, 0.2) is 5.96 Å². The maximum atomic E-state index is 5.61. The first-order valence-corrected chi connectivity index (χ1v) is 10.1. The first kappa shape index (κ1) is 25.6. The average molecular weight is 520 g/mol. The Labute approximate surface area is 192 Å². The number of anilines is 1. The van der Waals surface area contributed by atoms with E-state index in [9.17, 15) is 0 Å². The molecule has 1 saturated heterocycles. The fraction of sp³-hybridized carbons (Fsp3) is 0.667. The molecule has 0 aromatic heterocycles. The van der Waals surface area contributed by atoms with Crippen molar-refractivity contribution in [3.05, 3.63) is 18.2 Å². The lowest BCUT2D eigenvalue weighted by atomic mass is 10.0. The van der Waals surface area contributed by atoms with Crippen molar-refractivity contribution >= 4 is 35.6 Å². The predicted molar refractivity (Wildman–Crippen MR) is 130 cm³/mol. The van der Waals surface area contributed by atoms with E-state index >= 15 is 0 Å². The summed E-state index contributed by atoms with van der Waals surface area (Å²) in [6.07, 6.45) is 2.09. The monoisotopic (exact) mass is 520 g/mol. The van der Waals surface area contributed by atoms with Crippen molar-refractivity contribution in [1.29, 1.82) is 0 Å². The standard InChI is InChI=1S/C21H36N4O3.HI/c1-16(2)15-28-11-8-23-21(22-3)24-17-6-9-25(10-7-17)18-12-19(26-4)14-20(13-18)27-5;/h12-14,16-17H,6-11,15H2,1-5H3,(H2,22,23,24);1H. The molecule has 0 atom stereocenters. The number of halogens is 1. The molecular formula is C21H37IN4O3. The maximum Gasteiger partial charge on any atom is 0.191 e. The Hall–Kier alpha value is -1.42.